The highest BCUT2D eigenvalue weighted by atomic mass is 35.5. The van der Waals surface area contributed by atoms with Crippen LogP contribution in [-0.4, -0.2) is 18.5 Å². The van der Waals surface area contributed by atoms with Gasteiger partial charge in [0.05, 0.1) is 25.9 Å². The topological polar surface area (TPSA) is 55.8 Å². The standard InChI is InChI=1S/C16H15ClO4/c1-20-14-7-12(13(8-18)16(19)15(14)17)10-21-9-11-5-3-2-4-6-11/h2-8,19H,9-10H2,1H3. The molecular weight excluding hydrogens is 292 g/mol. The van der Waals surface area contributed by atoms with Crippen molar-refractivity contribution in [3.8, 4) is 11.5 Å². The van der Waals surface area contributed by atoms with Crippen LogP contribution in [0, 0.1) is 0 Å². The molecule has 2 aromatic carbocycles. The van der Waals surface area contributed by atoms with Gasteiger partial charge < -0.3 is 14.6 Å². The van der Waals surface area contributed by atoms with Crippen LogP contribution in [0.15, 0.2) is 36.4 Å². The largest absolute Gasteiger partial charge is 0.505 e. The van der Waals surface area contributed by atoms with Gasteiger partial charge in [0.25, 0.3) is 0 Å². The number of aromatic hydroxyl groups is 1. The first-order valence-corrected chi connectivity index (χ1v) is 6.70. The number of rotatable bonds is 6. The summed E-state index contributed by atoms with van der Waals surface area (Å²) in [6.45, 7) is 0.578. The van der Waals surface area contributed by atoms with Crippen molar-refractivity contribution in [3.63, 3.8) is 0 Å². The zero-order valence-corrected chi connectivity index (χ0v) is 12.3. The van der Waals surface area contributed by atoms with Crippen molar-refractivity contribution in [1.29, 1.82) is 0 Å². The first-order valence-electron chi connectivity index (χ1n) is 6.32. The Bertz CT molecular complexity index is 626. The summed E-state index contributed by atoms with van der Waals surface area (Å²) in [5.41, 5.74) is 1.67. The number of halogens is 1. The summed E-state index contributed by atoms with van der Waals surface area (Å²) < 4.78 is 10.6. The second-order valence-electron chi connectivity index (χ2n) is 4.41. The lowest BCUT2D eigenvalue weighted by Crippen LogP contribution is -2.00. The Morgan fingerprint density at radius 1 is 1.24 bits per heavy atom. The second-order valence-corrected chi connectivity index (χ2v) is 4.79. The maximum Gasteiger partial charge on any atom is 0.154 e. The smallest absolute Gasteiger partial charge is 0.154 e. The van der Waals surface area contributed by atoms with Gasteiger partial charge in [0.15, 0.2) is 6.29 Å². The number of hydrogen-bond donors (Lipinski definition) is 1. The predicted octanol–water partition coefficient (Wildman–Crippen LogP) is 3.58. The van der Waals surface area contributed by atoms with E-state index in [0.29, 0.717) is 24.2 Å². The lowest BCUT2D eigenvalue weighted by Gasteiger charge is -2.12. The minimum Gasteiger partial charge on any atom is -0.505 e. The molecule has 0 saturated heterocycles. The molecule has 0 aliphatic rings. The van der Waals surface area contributed by atoms with Crippen LogP contribution in [0.3, 0.4) is 0 Å². The number of ether oxygens (including phenoxy) is 2. The molecule has 1 N–H and O–H groups in total. The molecule has 0 aromatic heterocycles. The van der Waals surface area contributed by atoms with Crippen LogP contribution < -0.4 is 4.74 Å². The lowest BCUT2D eigenvalue weighted by molar-refractivity contribution is 0.103. The third kappa shape index (κ3) is 3.54. The van der Waals surface area contributed by atoms with E-state index in [1.165, 1.54) is 7.11 Å². The molecule has 0 fully saturated rings. The van der Waals surface area contributed by atoms with Crippen molar-refractivity contribution in [2.75, 3.05) is 7.11 Å². The van der Waals surface area contributed by atoms with Crippen molar-refractivity contribution in [2.24, 2.45) is 0 Å². The van der Waals surface area contributed by atoms with E-state index in [-0.39, 0.29) is 22.9 Å². The van der Waals surface area contributed by atoms with Crippen LogP contribution >= 0.6 is 11.6 Å². The van der Waals surface area contributed by atoms with E-state index in [1.54, 1.807) is 6.07 Å². The van der Waals surface area contributed by atoms with Crippen LogP contribution in [0.1, 0.15) is 21.5 Å². The number of carbonyl (C=O) groups is 1. The fourth-order valence-corrected chi connectivity index (χ4v) is 2.17. The number of phenolic OH excluding ortho intramolecular Hbond substituents is 1. The van der Waals surface area contributed by atoms with Gasteiger partial charge in [0.2, 0.25) is 0 Å². The molecular formula is C16H15ClO4. The molecule has 0 amide bonds. The Morgan fingerprint density at radius 2 is 1.95 bits per heavy atom. The summed E-state index contributed by atoms with van der Waals surface area (Å²) in [6.07, 6.45) is 0.557. The predicted molar refractivity (Wildman–Crippen MR) is 80.0 cm³/mol. The third-order valence-corrected chi connectivity index (χ3v) is 3.40. The van der Waals surface area contributed by atoms with E-state index in [0.717, 1.165) is 5.56 Å². The number of carbonyl (C=O) groups excluding carboxylic acids is 1. The summed E-state index contributed by atoms with van der Waals surface area (Å²) in [5, 5.41) is 9.93. The van der Waals surface area contributed by atoms with E-state index >= 15 is 0 Å². The van der Waals surface area contributed by atoms with Crippen LogP contribution in [0.5, 0.6) is 11.5 Å². The number of aldehydes is 1. The van der Waals surface area contributed by atoms with E-state index in [1.807, 2.05) is 30.3 Å². The van der Waals surface area contributed by atoms with Crippen LogP contribution in [0.4, 0.5) is 0 Å². The SMILES string of the molecule is COc1cc(COCc2ccccc2)c(C=O)c(O)c1Cl. The fraction of sp³-hybridized carbons (Fsp3) is 0.188. The molecule has 0 bridgehead atoms. The molecule has 2 rings (SSSR count). The van der Waals surface area contributed by atoms with E-state index < -0.39 is 0 Å². The molecule has 5 heteroatoms. The summed E-state index contributed by atoms with van der Waals surface area (Å²) in [5.74, 6) is 0.0161. The zero-order valence-electron chi connectivity index (χ0n) is 11.5. The van der Waals surface area contributed by atoms with Gasteiger partial charge in [-0.15, -0.1) is 0 Å². The molecule has 2 aromatic rings. The van der Waals surface area contributed by atoms with Crippen molar-refractivity contribution < 1.29 is 19.4 Å². The van der Waals surface area contributed by atoms with Crippen LogP contribution in [0.2, 0.25) is 5.02 Å². The Kier molecular flexibility index (Phi) is 5.20. The third-order valence-electron chi connectivity index (χ3n) is 3.04. The van der Waals surface area contributed by atoms with Gasteiger partial charge in [0.1, 0.15) is 16.5 Å². The molecule has 0 saturated carbocycles. The molecule has 21 heavy (non-hydrogen) atoms. The van der Waals surface area contributed by atoms with E-state index in [4.69, 9.17) is 21.1 Å². The quantitative estimate of drug-likeness (QED) is 0.829. The fourth-order valence-electron chi connectivity index (χ4n) is 1.94. The Hall–Kier alpha value is -2.04. The van der Waals surface area contributed by atoms with Gasteiger partial charge >= 0.3 is 0 Å². The van der Waals surface area contributed by atoms with E-state index in [2.05, 4.69) is 0 Å². The molecule has 110 valence electrons. The van der Waals surface area contributed by atoms with E-state index in [9.17, 15) is 9.90 Å². The molecule has 0 unspecified atom stereocenters. The molecule has 0 radical (unpaired) electrons. The second kappa shape index (κ2) is 7.11. The highest BCUT2D eigenvalue weighted by molar-refractivity contribution is 6.34. The van der Waals surface area contributed by atoms with Crippen molar-refractivity contribution in [2.45, 2.75) is 13.2 Å². The van der Waals surface area contributed by atoms with Crippen LogP contribution in [-0.2, 0) is 18.0 Å². The maximum atomic E-state index is 11.1. The first kappa shape index (κ1) is 15.4. The number of methoxy groups -OCH3 is 1. The lowest BCUT2D eigenvalue weighted by atomic mass is 10.1. The van der Waals surface area contributed by atoms with Crippen LogP contribution in [0.25, 0.3) is 0 Å². The van der Waals surface area contributed by atoms with Crippen molar-refractivity contribution in [3.05, 3.63) is 58.1 Å². The highest BCUT2D eigenvalue weighted by Gasteiger charge is 2.16. The summed E-state index contributed by atoms with van der Waals surface area (Å²) in [4.78, 5) is 11.1. The van der Waals surface area contributed by atoms with Gasteiger partial charge in [-0.2, -0.15) is 0 Å². The van der Waals surface area contributed by atoms with Gasteiger partial charge in [0, 0.05) is 0 Å². The minimum absolute atomic E-state index is 0.0198. The average Bonchev–Trinajstić information content (AvgIpc) is 2.52. The summed E-state index contributed by atoms with van der Waals surface area (Å²) in [6, 6.07) is 11.3. The monoisotopic (exact) mass is 306 g/mol. The minimum atomic E-state index is -0.288. The number of benzene rings is 2. The Morgan fingerprint density at radius 3 is 2.57 bits per heavy atom. The summed E-state index contributed by atoms with van der Waals surface area (Å²) >= 11 is 5.90. The molecule has 0 aliphatic carbocycles. The number of phenols is 1. The maximum absolute atomic E-state index is 11.1. The van der Waals surface area contributed by atoms with Crippen molar-refractivity contribution in [1.82, 2.24) is 0 Å². The zero-order chi connectivity index (χ0) is 15.2. The molecule has 0 heterocycles. The molecule has 0 spiro atoms. The van der Waals surface area contributed by atoms with Gasteiger partial charge in [-0.1, -0.05) is 41.9 Å². The van der Waals surface area contributed by atoms with Gasteiger partial charge in [-0.05, 0) is 17.2 Å². The molecule has 0 atom stereocenters. The Balaban J connectivity index is 2.15. The normalized spacial score (nSPS) is 10.4. The molecule has 0 aliphatic heterocycles. The highest BCUT2D eigenvalue weighted by Crippen LogP contribution is 2.37. The van der Waals surface area contributed by atoms with Crippen molar-refractivity contribution >= 4 is 17.9 Å². The average molecular weight is 307 g/mol. The first-order chi connectivity index (χ1) is 10.2. The molecule has 4 nitrogen and oxygen atoms in total. The summed E-state index contributed by atoms with van der Waals surface area (Å²) in [7, 11) is 1.44. The number of hydrogen-bond acceptors (Lipinski definition) is 4. The van der Waals surface area contributed by atoms with Gasteiger partial charge in [-0.25, -0.2) is 0 Å². The van der Waals surface area contributed by atoms with Gasteiger partial charge in [-0.3, -0.25) is 4.79 Å². The Labute approximate surface area is 127 Å².